The number of benzene rings is 7. The first-order chi connectivity index (χ1) is 38.5. The lowest BCUT2D eigenvalue weighted by Gasteiger charge is -2.20. The Morgan fingerprint density at radius 3 is 0.722 bits per heavy atom. The number of aromatic nitrogens is 6. The Morgan fingerprint density at radius 1 is 0.278 bits per heavy atom. The third-order valence-electron chi connectivity index (χ3n) is 12.9. The lowest BCUT2D eigenvalue weighted by atomic mass is 9.92. The summed E-state index contributed by atoms with van der Waals surface area (Å²) in [5.41, 5.74) is 3.44. The van der Waals surface area contributed by atoms with Crippen molar-refractivity contribution >= 4 is 32.7 Å². The monoisotopic (exact) mass is 1010 g/mol. The second kappa shape index (κ2) is 19.4. The third-order valence-corrected chi connectivity index (χ3v) is 12.9. The fourth-order valence-electron chi connectivity index (χ4n) is 9.40. The molecule has 1 unspecified atom stereocenters. The van der Waals surface area contributed by atoms with Crippen LogP contribution >= 0.6 is 0 Å². The molecule has 0 amide bonds. The van der Waals surface area contributed by atoms with Crippen molar-refractivity contribution < 1.29 is 0 Å². The maximum Gasteiger partial charge on any atom is 0.160 e. The number of hydrogen-bond donors (Lipinski definition) is 1. The molecular formula is C61H22N18. The highest BCUT2D eigenvalue weighted by Gasteiger charge is 2.30. The number of rotatable bonds is 7. The van der Waals surface area contributed by atoms with Crippen LogP contribution in [0.2, 0.25) is 0 Å². The van der Waals surface area contributed by atoms with Gasteiger partial charge in [0.05, 0.1) is 178 Å². The van der Waals surface area contributed by atoms with Crippen LogP contribution in [0.25, 0.3) is 101 Å². The minimum absolute atomic E-state index is 0.0304. The summed E-state index contributed by atoms with van der Waals surface area (Å²) < 4.78 is 0. The largest absolute Gasteiger partial charge is 0.307 e. The molecule has 0 radical (unpaired) electrons. The Balaban J connectivity index is 1.48. The van der Waals surface area contributed by atoms with E-state index in [2.05, 4.69) is 72.1 Å². The van der Waals surface area contributed by atoms with Crippen molar-refractivity contribution in [3.8, 4) is 135 Å². The fraction of sp³-hybridized carbons (Fsp3) is 0.0328. The number of nitrogens with zero attached hydrogens (tertiary/aromatic N) is 17. The molecule has 1 fully saturated rings. The maximum absolute atomic E-state index is 10.4. The molecule has 11 rings (SSSR count). The highest BCUT2D eigenvalue weighted by molar-refractivity contribution is 6.30. The van der Waals surface area contributed by atoms with Crippen molar-refractivity contribution in [2.24, 2.45) is 0 Å². The van der Waals surface area contributed by atoms with Gasteiger partial charge in [0, 0.05) is 46.0 Å². The summed E-state index contributed by atoms with van der Waals surface area (Å²) in [6, 6.07) is 50.2. The quantitative estimate of drug-likeness (QED) is 0.115. The van der Waals surface area contributed by atoms with E-state index in [9.17, 15) is 57.9 Å². The van der Waals surface area contributed by atoms with Crippen molar-refractivity contribution in [2.45, 2.75) is 6.04 Å². The molecule has 3 aromatic heterocycles. The SMILES string of the molecule is N#Cc1cc(C#N)cc(-c2nc(-c3cc(C#N)cc(C#N)c3)c3c(n2)c2c(-c4cc(C#N)cc(C#N)c4)nc(-c4cc(C#N)cc(C#N)c4)nc2c2c(-c4cc(C#N)cc(C#N)c4)nc(-c4cc(C#N)cc(C5CN5)c4)nc32)c1. The van der Waals surface area contributed by atoms with E-state index in [4.69, 9.17) is 29.9 Å². The van der Waals surface area contributed by atoms with Gasteiger partial charge in [-0.25, -0.2) is 29.9 Å². The summed E-state index contributed by atoms with van der Waals surface area (Å²) in [6.45, 7) is 0.639. The second-order valence-corrected chi connectivity index (χ2v) is 17.9. The first-order valence-corrected chi connectivity index (χ1v) is 23.4. The summed E-state index contributed by atoms with van der Waals surface area (Å²) in [6.07, 6.45) is 0. The molecule has 0 aliphatic carbocycles. The van der Waals surface area contributed by atoms with Crippen LogP contribution in [-0.2, 0) is 0 Å². The van der Waals surface area contributed by atoms with Gasteiger partial charge in [-0.3, -0.25) is 0 Å². The van der Waals surface area contributed by atoms with E-state index >= 15 is 0 Å². The maximum atomic E-state index is 10.4. The van der Waals surface area contributed by atoms with Gasteiger partial charge in [-0.15, -0.1) is 0 Å². The Labute approximate surface area is 447 Å². The number of hydrogen-bond acceptors (Lipinski definition) is 18. The molecule has 1 atom stereocenters. The summed E-state index contributed by atoms with van der Waals surface area (Å²) in [7, 11) is 0. The van der Waals surface area contributed by atoms with Crippen LogP contribution in [0.1, 0.15) is 72.8 Å². The van der Waals surface area contributed by atoms with Crippen molar-refractivity contribution in [3.05, 3.63) is 176 Å². The lowest BCUT2D eigenvalue weighted by Crippen LogP contribution is -2.05. The second-order valence-electron chi connectivity index (χ2n) is 17.9. The summed E-state index contributed by atoms with van der Waals surface area (Å²) in [4.78, 5) is 31.4. The summed E-state index contributed by atoms with van der Waals surface area (Å²) >= 11 is 0. The molecule has 18 nitrogen and oxygen atoms in total. The van der Waals surface area contributed by atoms with Crippen LogP contribution in [0.15, 0.2) is 109 Å². The van der Waals surface area contributed by atoms with Crippen LogP contribution in [0.4, 0.5) is 0 Å². The van der Waals surface area contributed by atoms with Gasteiger partial charge in [-0.2, -0.15) is 57.9 Å². The molecule has 356 valence electrons. The Hall–Kier alpha value is -13.1. The smallest absolute Gasteiger partial charge is 0.160 e. The normalized spacial score (nSPS) is 11.9. The zero-order chi connectivity index (χ0) is 55.1. The molecule has 1 aliphatic heterocycles. The van der Waals surface area contributed by atoms with Gasteiger partial charge in [0.2, 0.25) is 0 Å². The van der Waals surface area contributed by atoms with Crippen molar-refractivity contribution in [2.75, 3.05) is 6.54 Å². The molecule has 10 aromatic rings. The average Bonchev–Trinajstić information content (AvgIpc) is 4.15. The first-order valence-electron chi connectivity index (χ1n) is 23.4. The predicted molar refractivity (Wildman–Crippen MR) is 281 cm³/mol. The van der Waals surface area contributed by atoms with Crippen molar-refractivity contribution in [1.29, 1.82) is 57.9 Å². The molecule has 0 bridgehead atoms. The Morgan fingerprint density at radius 2 is 0.494 bits per heavy atom. The predicted octanol–water partition coefficient (Wildman–Crippen LogP) is 9.75. The third kappa shape index (κ3) is 8.69. The van der Waals surface area contributed by atoms with Gasteiger partial charge >= 0.3 is 0 Å². The van der Waals surface area contributed by atoms with E-state index in [1.807, 2.05) is 6.07 Å². The minimum Gasteiger partial charge on any atom is -0.307 e. The van der Waals surface area contributed by atoms with Gasteiger partial charge in [0.1, 0.15) is 0 Å². The Bertz CT molecular complexity index is 4680. The van der Waals surface area contributed by atoms with Crippen LogP contribution < -0.4 is 5.32 Å². The van der Waals surface area contributed by atoms with E-state index in [0.717, 1.165) is 5.56 Å². The highest BCUT2D eigenvalue weighted by Crippen LogP contribution is 2.46. The molecule has 1 saturated heterocycles. The molecule has 0 spiro atoms. The summed E-state index contributed by atoms with van der Waals surface area (Å²) in [5, 5.41) is 117. The van der Waals surface area contributed by atoms with Crippen molar-refractivity contribution in [3.63, 3.8) is 0 Å². The molecule has 0 saturated carbocycles. The molecule has 18 heteroatoms. The highest BCUT2D eigenvalue weighted by atomic mass is 15.1. The molecular weight excluding hydrogens is 985 g/mol. The van der Waals surface area contributed by atoms with E-state index in [1.54, 1.807) is 12.1 Å². The molecule has 1 aliphatic rings. The molecule has 7 aromatic carbocycles. The first kappa shape index (κ1) is 48.2. The number of fused-ring (bicyclic) bond motifs is 6. The summed E-state index contributed by atoms with van der Waals surface area (Å²) in [5.74, 6) is -0.110. The molecule has 4 heterocycles. The van der Waals surface area contributed by atoms with Gasteiger partial charge in [0.25, 0.3) is 0 Å². The van der Waals surface area contributed by atoms with E-state index in [0.29, 0.717) is 12.1 Å². The standard InChI is InChI=1S/C61H22N18/c62-19-31-1-32(20-63)8-43(7-31)53-50-56-51(54(44-9-33(21-64)2-34(10-44)22-65)75-60(77-56)47-15-39(27-70)5-40(16-47)28-71)58-52(57(50)78-59(74-53)46-13-37(25-68)4-38(14-46)26-69)55(45-11-35(23-66)3-36(12-45)24-67)76-61(79-58)48-17-41(29-72)6-42(18-48)49-30-73-49/h1-18,49,73H,30H2. The van der Waals surface area contributed by atoms with Gasteiger partial charge in [-0.05, 0) is 115 Å². The van der Waals surface area contributed by atoms with Gasteiger partial charge in [0.15, 0.2) is 17.5 Å². The van der Waals surface area contributed by atoms with Crippen LogP contribution in [0.3, 0.4) is 0 Å². The van der Waals surface area contributed by atoms with Crippen molar-refractivity contribution in [1.82, 2.24) is 35.2 Å². The number of nitriles is 11. The Kier molecular flexibility index (Phi) is 11.8. The van der Waals surface area contributed by atoms with Gasteiger partial charge in [-0.1, -0.05) is 0 Å². The van der Waals surface area contributed by atoms with Gasteiger partial charge < -0.3 is 5.32 Å². The van der Waals surface area contributed by atoms with Crippen LogP contribution in [0, 0.1) is 125 Å². The fourth-order valence-corrected chi connectivity index (χ4v) is 9.40. The zero-order valence-corrected chi connectivity index (χ0v) is 40.3. The van der Waals surface area contributed by atoms with E-state index in [-0.39, 0.29) is 162 Å². The van der Waals surface area contributed by atoms with E-state index in [1.165, 1.54) is 91.0 Å². The minimum atomic E-state index is -0.0841. The van der Waals surface area contributed by atoms with E-state index < -0.39 is 0 Å². The number of nitrogens with one attached hydrogen (secondary N) is 1. The topological polar surface area (TPSA) is 361 Å². The average molecular weight is 1010 g/mol. The van der Waals surface area contributed by atoms with Crippen LogP contribution in [-0.4, -0.2) is 36.4 Å². The molecule has 79 heavy (non-hydrogen) atoms. The lowest BCUT2D eigenvalue weighted by molar-refractivity contribution is 1.07. The van der Waals surface area contributed by atoms with Crippen LogP contribution in [0.5, 0.6) is 0 Å². The molecule has 1 N–H and O–H groups in total. The zero-order valence-electron chi connectivity index (χ0n) is 40.3.